The molecule has 0 rings (SSSR count). The van der Waals surface area contributed by atoms with Gasteiger partial charge in [0, 0.05) is 0 Å². The van der Waals surface area contributed by atoms with Crippen molar-refractivity contribution < 1.29 is 41.1 Å². The first-order valence-electron chi connectivity index (χ1n) is 6.35. The highest BCUT2D eigenvalue weighted by atomic mass is 27.3. The highest BCUT2D eigenvalue weighted by Crippen LogP contribution is 2.12. The largest absolute Gasteiger partial charge is 1.20 e. The number of rotatable bonds is 6. The SMILES string of the molecule is CC(C)(O)C(=O)[O][Al]([O]C(=O)C(C)(C)O)[O]C(=O)C(C)(C)O. The van der Waals surface area contributed by atoms with Crippen molar-refractivity contribution in [3.8, 4) is 0 Å². The van der Waals surface area contributed by atoms with E-state index in [9.17, 15) is 29.7 Å². The molecule has 0 bridgehead atoms. The topological polar surface area (TPSA) is 140 Å². The van der Waals surface area contributed by atoms with Crippen LogP contribution in [-0.2, 0) is 25.7 Å². The van der Waals surface area contributed by atoms with Gasteiger partial charge in [0.05, 0.1) is 0 Å². The van der Waals surface area contributed by atoms with Crippen LogP contribution in [0.4, 0.5) is 0 Å². The first kappa shape index (κ1) is 20.8. The van der Waals surface area contributed by atoms with Gasteiger partial charge in [-0.1, -0.05) is 0 Å². The van der Waals surface area contributed by atoms with E-state index in [2.05, 4.69) is 11.4 Å². The fourth-order valence-electron chi connectivity index (χ4n) is 0.767. The maximum Gasteiger partial charge on any atom is 1.20 e. The molecular formula is C12H21AlO9. The quantitative estimate of drug-likeness (QED) is 0.516. The Balaban J connectivity index is 5.12. The predicted molar refractivity (Wildman–Crippen MR) is 72.9 cm³/mol. The monoisotopic (exact) mass is 336 g/mol. The van der Waals surface area contributed by atoms with Gasteiger partial charge in [-0.25, -0.2) is 0 Å². The summed E-state index contributed by atoms with van der Waals surface area (Å²) in [6.07, 6.45) is 0. The molecule has 0 unspecified atom stereocenters. The fourth-order valence-corrected chi connectivity index (χ4v) is 2.30. The van der Waals surface area contributed by atoms with E-state index in [0.717, 1.165) is 41.5 Å². The molecule has 0 aromatic carbocycles. The predicted octanol–water partition coefficient (Wildman–Crippen LogP) is -1.09. The summed E-state index contributed by atoms with van der Waals surface area (Å²) in [6, 6.07) is 0. The van der Waals surface area contributed by atoms with Gasteiger partial charge in [0.15, 0.2) is 16.8 Å². The standard InChI is InChI=1S/3C4H8O3.Al/c3*1-4(2,7)3(5)6;/h3*7H,1-2H3,(H,5,6);/q;;;+3/p-3. The van der Waals surface area contributed by atoms with Gasteiger partial charge in [-0.05, 0) is 41.5 Å². The highest BCUT2D eigenvalue weighted by Gasteiger charge is 2.54. The van der Waals surface area contributed by atoms with Crippen LogP contribution in [0.5, 0.6) is 0 Å². The maximum absolute atomic E-state index is 11.6. The number of carbonyl (C=O) groups excluding carboxylic acids is 3. The maximum atomic E-state index is 11.6. The molecule has 0 saturated carbocycles. The average Bonchev–Trinajstić information content (AvgIpc) is 2.24. The van der Waals surface area contributed by atoms with Crippen LogP contribution in [0.25, 0.3) is 0 Å². The van der Waals surface area contributed by atoms with E-state index in [-0.39, 0.29) is 0 Å². The number of aliphatic hydroxyl groups is 3. The Morgan fingerprint density at radius 1 is 0.636 bits per heavy atom. The van der Waals surface area contributed by atoms with Crippen molar-refractivity contribution in [2.24, 2.45) is 0 Å². The third-order valence-corrected chi connectivity index (χ3v) is 3.33. The van der Waals surface area contributed by atoms with Crippen LogP contribution >= 0.6 is 0 Å². The van der Waals surface area contributed by atoms with E-state index in [0.29, 0.717) is 0 Å². The molecule has 0 aliphatic rings. The normalized spacial score (nSPS) is 12.4. The molecule has 22 heavy (non-hydrogen) atoms. The zero-order valence-electron chi connectivity index (χ0n) is 13.4. The summed E-state index contributed by atoms with van der Waals surface area (Å²) in [6.45, 7) is 6.73. The molecule has 0 fully saturated rings. The Bertz CT molecular complexity index is 372. The highest BCUT2D eigenvalue weighted by molar-refractivity contribution is 6.44. The Hall–Kier alpha value is -1.18. The van der Waals surface area contributed by atoms with Gasteiger partial charge in [0.2, 0.25) is 0 Å². The molecule has 0 aromatic heterocycles. The Morgan fingerprint density at radius 3 is 0.955 bits per heavy atom. The lowest BCUT2D eigenvalue weighted by atomic mass is 10.1. The van der Waals surface area contributed by atoms with Crippen LogP contribution in [0.2, 0.25) is 0 Å². The van der Waals surface area contributed by atoms with Crippen LogP contribution in [-0.4, -0.2) is 65.2 Å². The molecule has 0 aromatic rings. The first-order valence-corrected chi connectivity index (χ1v) is 7.77. The van der Waals surface area contributed by atoms with Gasteiger partial charge < -0.3 is 26.7 Å². The van der Waals surface area contributed by atoms with E-state index in [1.54, 1.807) is 0 Å². The summed E-state index contributed by atoms with van der Waals surface area (Å²) in [5.41, 5.74) is -5.73. The second-order valence-electron chi connectivity index (χ2n) is 6.18. The minimum atomic E-state index is -3.74. The summed E-state index contributed by atoms with van der Waals surface area (Å²) in [4.78, 5) is 34.8. The molecule has 0 amide bonds. The number of hydrogen-bond donors (Lipinski definition) is 3. The minimum Gasteiger partial charge on any atom is -0.549 e. The van der Waals surface area contributed by atoms with Crippen LogP contribution < -0.4 is 0 Å². The minimum absolute atomic E-state index is 1.12. The number of carbonyl (C=O) groups is 3. The molecule has 3 N–H and O–H groups in total. The summed E-state index contributed by atoms with van der Waals surface area (Å²) < 4.78 is 14.1. The van der Waals surface area contributed by atoms with Crippen LogP contribution in [0.1, 0.15) is 41.5 Å². The molecule has 0 aliphatic carbocycles. The molecule has 10 heteroatoms. The molecule has 0 spiro atoms. The molecule has 0 heterocycles. The third kappa shape index (κ3) is 7.20. The average molecular weight is 336 g/mol. The molecule has 0 atom stereocenters. The van der Waals surface area contributed by atoms with Crippen molar-refractivity contribution in [1.29, 1.82) is 0 Å². The smallest absolute Gasteiger partial charge is 0.549 e. The van der Waals surface area contributed by atoms with E-state index < -0.39 is 49.9 Å². The second-order valence-corrected chi connectivity index (χ2v) is 7.47. The molecule has 9 nitrogen and oxygen atoms in total. The molecule has 0 radical (unpaired) electrons. The summed E-state index contributed by atoms with van der Waals surface area (Å²) in [5, 5.41) is 28.5. The summed E-state index contributed by atoms with van der Waals surface area (Å²) in [5.74, 6) is -3.55. The Kier molecular flexibility index (Phi) is 6.56. The summed E-state index contributed by atoms with van der Waals surface area (Å²) in [7, 11) is 0. The molecule has 126 valence electrons. The Morgan fingerprint density at radius 2 is 0.818 bits per heavy atom. The van der Waals surface area contributed by atoms with Gasteiger partial charge in [0.25, 0.3) is 0 Å². The zero-order valence-corrected chi connectivity index (χ0v) is 14.5. The van der Waals surface area contributed by atoms with Crippen LogP contribution in [0, 0.1) is 0 Å². The van der Waals surface area contributed by atoms with E-state index in [1.165, 1.54) is 0 Å². The van der Waals surface area contributed by atoms with Crippen molar-refractivity contribution in [3.63, 3.8) is 0 Å². The van der Waals surface area contributed by atoms with Gasteiger partial charge in [-0.2, -0.15) is 0 Å². The Labute approximate surface area is 133 Å². The van der Waals surface area contributed by atoms with Crippen LogP contribution in [0.15, 0.2) is 0 Å². The van der Waals surface area contributed by atoms with Crippen molar-refractivity contribution in [3.05, 3.63) is 0 Å². The lowest BCUT2D eigenvalue weighted by Crippen LogP contribution is -2.47. The second kappa shape index (κ2) is 6.93. The van der Waals surface area contributed by atoms with Crippen molar-refractivity contribution in [1.82, 2.24) is 0 Å². The van der Waals surface area contributed by atoms with Crippen LogP contribution in [0.3, 0.4) is 0 Å². The van der Waals surface area contributed by atoms with Gasteiger partial charge in [-0.15, -0.1) is 0 Å². The molecule has 0 saturated heterocycles. The van der Waals surface area contributed by atoms with Gasteiger partial charge in [0.1, 0.15) is 0 Å². The van der Waals surface area contributed by atoms with Crippen molar-refractivity contribution in [2.45, 2.75) is 58.3 Å². The van der Waals surface area contributed by atoms with Crippen molar-refractivity contribution >= 4 is 33.1 Å². The van der Waals surface area contributed by atoms with Crippen molar-refractivity contribution in [2.75, 3.05) is 0 Å². The zero-order chi connectivity index (χ0) is 17.9. The van der Waals surface area contributed by atoms with Gasteiger partial charge in [-0.3, -0.25) is 14.4 Å². The number of hydrogen-bond acceptors (Lipinski definition) is 9. The first-order chi connectivity index (χ1) is 9.55. The van der Waals surface area contributed by atoms with Gasteiger partial charge >= 0.3 is 33.1 Å². The van der Waals surface area contributed by atoms with E-state index in [1.807, 2.05) is 0 Å². The molecule has 0 aliphatic heterocycles. The fraction of sp³-hybridized carbons (Fsp3) is 0.750. The lowest BCUT2D eigenvalue weighted by Gasteiger charge is -2.23. The lowest BCUT2D eigenvalue weighted by molar-refractivity contribution is -0.167. The van der Waals surface area contributed by atoms with E-state index >= 15 is 0 Å². The summed E-state index contributed by atoms with van der Waals surface area (Å²) >= 11 is -3.74. The third-order valence-electron chi connectivity index (χ3n) is 2.11. The van der Waals surface area contributed by atoms with E-state index in [4.69, 9.17) is 0 Å². The molecular weight excluding hydrogens is 315 g/mol.